The van der Waals surface area contributed by atoms with Gasteiger partial charge in [-0.05, 0) is 27.7 Å². The lowest BCUT2D eigenvalue weighted by atomic mass is 10.3. The van der Waals surface area contributed by atoms with E-state index >= 15 is 0 Å². The molecule has 0 bridgehead atoms. The van der Waals surface area contributed by atoms with E-state index in [9.17, 15) is 4.79 Å². The minimum Gasteiger partial charge on any atom is -0.355 e. The number of hydrogen-bond donors (Lipinski definition) is 2. The smallest absolute Gasteiger partial charge is 0.243 e. The van der Waals surface area contributed by atoms with Gasteiger partial charge in [-0.15, -0.1) is 5.10 Å². The average molecular weight is 223 g/mol. The van der Waals surface area contributed by atoms with E-state index in [0.717, 1.165) is 11.4 Å². The van der Waals surface area contributed by atoms with Gasteiger partial charge in [-0.2, -0.15) is 5.10 Å². The molecule has 6 nitrogen and oxygen atoms in total. The normalized spacial score (nSPS) is 12.0. The number of anilines is 1. The predicted molar refractivity (Wildman–Crippen MR) is 61.1 cm³/mol. The van der Waals surface area contributed by atoms with E-state index in [0.29, 0.717) is 12.5 Å². The third kappa shape index (κ3) is 3.15. The Morgan fingerprint density at radius 1 is 1.31 bits per heavy atom. The number of nitrogens with zero attached hydrogens (tertiary/aromatic N) is 3. The first-order chi connectivity index (χ1) is 7.54. The fourth-order valence-corrected chi connectivity index (χ4v) is 1.10. The number of amides is 1. The van der Waals surface area contributed by atoms with Crippen LogP contribution in [-0.4, -0.2) is 33.7 Å². The molecule has 1 unspecified atom stereocenters. The van der Waals surface area contributed by atoms with Crippen LogP contribution in [0.15, 0.2) is 0 Å². The maximum absolute atomic E-state index is 11.4. The van der Waals surface area contributed by atoms with Crippen LogP contribution in [0, 0.1) is 13.8 Å². The minimum atomic E-state index is -0.371. The molecule has 0 aliphatic heterocycles. The van der Waals surface area contributed by atoms with Gasteiger partial charge >= 0.3 is 0 Å². The third-order valence-electron chi connectivity index (χ3n) is 2.18. The molecule has 2 N–H and O–H groups in total. The van der Waals surface area contributed by atoms with Gasteiger partial charge < -0.3 is 10.6 Å². The van der Waals surface area contributed by atoms with Crippen LogP contribution in [0.25, 0.3) is 0 Å². The molecular formula is C10H17N5O. The van der Waals surface area contributed by atoms with E-state index < -0.39 is 0 Å². The van der Waals surface area contributed by atoms with Crippen molar-refractivity contribution < 1.29 is 4.79 Å². The summed E-state index contributed by atoms with van der Waals surface area (Å²) >= 11 is 0. The Hall–Kier alpha value is -1.72. The molecule has 6 heteroatoms. The highest BCUT2D eigenvalue weighted by atomic mass is 16.2. The van der Waals surface area contributed by atoms with Gasteiger partial charge in [0.1, 0.15) is 6.04 Å². The summed E-state index contributed by atoms with van der Waals surface area (Å²) in [6, 6.07) is -0.371. The van der Waals surface area contributed by atoms with Crippen molar-refractivity contribution in [1.82, 2.24) is 20.5 Å². The molecule has 0 fully saturated rings. The van der Waals surface area contributed by atoms with Gasteiger partial charge in [0, 0.05) is 6.54 Å². The summed E-state index contributed by atoms with van der Waals surface area (Å²) in [5.41, 5.74) is 1.59. The van der Waals surface area contributed by atoms with Crippen LogP contribution in [0.3, 0.4) is 0 Å². The maximum atomic E-state index is 11.4. The Labute approximate surface area is 94.9 Å². The third-order valence-corrected chi connectivity index (χ3v) is 2.18. The SMILES string of the molecule is CCNC(=O)C(C)Nc1nnc(C)c(C)n1. The van der Waals surface area contributed by atoms with Gasteiger partial charge in [0.2, 0.25) is 11.9 Å². The van der Waals surface area contributed by atoms with Gasteiger partial charge in [-0.25, -0.2) is 4.98 Å². The van der Waals surface area contributed by atoms with Gasteiger partial charge in [-0.3, -0.25) is 4.79 Å². The van der Waals surface area contributed by atoms with Gasteiger partial charge in [0.15, 0.2) is 0 Å². The van der Waals surface area contributed by atoms with E-state index in [1.807, 2.05) is 20.8 Å². The van der Waals surface area contributed by atoms with E-state index in [1.165, 1.54) is 0 Å². The van der Waals surface area contributed by atoms with Gasteiger partial charge in [0.05, 0.1) is 11.4 Å². The van der Waals surface area contributed by atoms with E-state index in [4.69, 9.17) is 0 Å². The second-order valence-corrected chi connectivity index (χ2v) is 3.57. The van der Waals surface area contributed by atoms with E-state index in [-0.39, 0.29) is 11.9 Å². The molecule has 0 saturated heterocycles. The molecule has 0 spiro atoms. The monoisotopic (exact) mass is 223 g/mol. The topological polar surface area (TPSA) is 79.8 Å². The lowest BCUT2D eigenvalue weighted by Gasteiger charge is -2.13. The summed E-state index contributed by atoms with van der Waals surface area (Å²) < 4.78 is 0. The molecule has 0 aliphatic rings. The summed E-state index contributed by atoms with van der Waals surface area (Å²) in [7, 11) is 0. The Bertz CT molecular complexity index is 379. The minimum absolute atomic E-state index is 0.0793. The van der Waals surface area contributed by atoms with Crippen molar-refractivity contribution in [3.8, 4) is 0 Å². The highest BCUT2D eigenvalue weighted by Gasteiger charge is 2.13. The number of carbonyl (C=O) groups is 1. The maximum Gasteiger partial charge on any atom is 0.243 e. The Balaban J connectivity index is 2.66. The fraction of sp³-hybridized carbons (Fsp3) is 0.600. The van der Waals surface area contributed by atoms with Crippen LogP contribution < -0.4 is 10.6 Å². The molecule has 16 heavy (non-hydrogen) atoms. The largest absolute Gasteiger partial charge is 0.355 e. The fourth-order valence-electron chi connectivity index (χ4n) is 1.10. The van der Waals surface area contributed by atoms with Crippen LogP contribution in [0.1, 0.15) is 25.2 Å². The molecule has 0 aliphatic carbocycles. The van der Waals surface area contributed by atoms with Crippen LogP contribution in [0.4, 0.5) is 5.95 Å². The summed E-state index contributed by atoms with van der Waals surface area (Å²) in [6.45, 7) is 7.93. The number of aryl methyl sites for hydroxylation is 2. The second-order valence-electron chi connectivity index (χ2n) is 3.57. The second kappa shape index (κ2) is 5.39. The molecule has 88 valence electrons. The van der Waals surface area contributed by atoms with Crippen LogP contribution in [0.5, 0.6) is 0 Å². The number of carbonyl (C=O) groups excluding carboxylic acids is 1. The van der Waals surface area contributed by atoms with E-state index in [1.54, 1.807) is 6.92 Å². The van der Waals surface area contributed by atoms with Crippen molar-refractivity contribution >= 4 is 11.9 Å². The lowest BCUT2D eigenvalue weighted by molar-refractivity contribution is -0.121. The summed E-state index contributed by atoms with van der Waals surface area (Å²) in [4.78, 5) is 15.6. The van der Waals surface area contributed by atoms with Crippen molar-refractivity contribution in [2.75, 3.05) is 11.9 Å². The van der Waals surface area contributed by atoms with Crippen molar-refractivity contribution in [1.29, 1.82) is 0 Å². The molecule has 1 rings (SSSR count). The highest BCUT2D eigenvalue weighted by Crippen LogP contribution is 2.03. The quantitative estimate of drug-likeness (QED) is 0.773. The highest BCUT2D eigenvalue weighted by molar-refractivity contribution is 5.83. The van der Waals surface area contributed by atoms with Crippen molar-refractivity contribution in [2.45, 2.75) is 33.7 Å². The Morgan fingerprint density at radius 3 is 2.56 bits per heavy atom. The zero-order chi connectivity index (χ0) is 12.1. The summed E-state index contributed by atoms with van der Waals surface area (Å²) in [5, 5.41) is 13.4. The predicted octanol–water partition coefficient (Wildman–Crippen LogP) is 0.425. The first-order valence-corrected chi connectivity index (χ1v) is 5.26. The van der Waals surface area contributed by atoms with Crippen molar-refractivity contribution in [3.63, 3.8) is 0 Å². The molecule has 1 aromatic heterocycles. The average Bonchev–Trinajstić information content (AvgIpc) is 2.24. The molecule has 1 aromatic rings. The van der Waals surface area contributed by atoms with Crippen LogP contribution in [-0.2, 0) is 4.79 Å². The Morgan fingerprint density at radius 2 is 2.00 bits per heavy atom. The van der Waals surface area contributed by atoms with Crippen molar-refractivity contribution in [3.05, 3.63) is 11.4 Å². The van der Waals surface area contributed by atoms with Crippen LogP contribution in [0.2, 0.25) is 0 Å². The molecular weight excluding hydrogens is 206 g/mol. The number of likely N-dealkylation sites (N-methyl/N-ethyl adjacent to an activating group) is 1. The first-order valence-electron chi connectivity index (χ1n) is 5.26. The molecule has 1 atom stereocenters. The summed E-state index contributed by atoms with van der Waals surface area (Å²) in [6.07, 6.45) is 0. The first kappa shape index (κ1) is 12.4. The van der Waals surface area contributed by atoms with Gasteiger partial charge in [-0.1, -0.05) is 0 Å². The zero-order valence-electron chi connectivity index (χ0n) is 10.0. The lowest BCUT2D eigenvalue weighted by Crippen LogP contribution is -2.37. The Kier molecular flexibility index (Phi) is 4.16. The number of aromatic nitrogens is 3. The molecule has 0 radical (unpaired) electrons. The van der Waals surface area contributed by atoms with Crippen molar-refractivity contribution in [2.24, 2.45) is 0 Å². The standard InChI is InChI=1S/C10H17N5O/c1-5-11-9(16)8(4)13-10-12-6(2)7(3)14-15-10/h8H,5H2,1-4H3,(H,11,16)(H,12,13,15). The number of rotatable bonds is 4. The van der Waals surface area contributed by atoms with Crippen LogP contribution >= 0.6 is 0 Å². The molecule has 0 saturated carbocycles. The van der Waals surface area contributed by atoms with E-state index in [2.05, 4.69) is 25.8 Å². The molecule has 0 aromatic carbocycles. The zero-order valence-corrected chi connectivity index (χ0v) is 10.0. The number of nitrogens with one attached hydrogen (secondary N) is 2. The molecule has 1 heterocycles. The number of hydrogen-bond acceptors (Lipinski definition) is 5. The van der Waals surface area contributed by atoms with Gasteiger partial charge in [0.25, 0.3) is 0 Å². The summed E-state index contributed by atoms with van der Waals surface area (Å²) in [5.74, 6) is 0.297. The molecule has 1 amide bonds.